The van der Waals surface area contributed by atoms with Crippen LogP contribution in [0.25, 0.3) is 0 Å². The van der Waals surface area contributed by atoms with Crippen LogP contribution in [0.2, 0.25) is 0 Å². The smallest absolute Gasteiger partial charge is 0.00396 e. The zero-order chi connectivity index (χ0) is 7.56. The first-order chi connectivity index (χ1) is 4.75. The summed E-state index contributed by atoms with van der Waals surface area (Å²) in [6.45, 7) is 5.14. The van der Waals surface area contributed by atoms with Gasteiger partial charge >= 0.3 is 0 Å². The lowest BCUT2D eigenvalue weighted by Gasteiger charge is -2.01. The summed E-state index contributed by atoms with van der Waals surface area (Å²) in [5.41, 5.74) is 9.88. The Bertz CT molecular complexity index is 187. The molecular weight excluding hydrogens is 122 g/mol. The monoisotopic (exact) mass is 137 g/mol. The molecule has 0 unspecified atom stereocenters. The van der Waals surface area contributed by atoms with E-state index < -0.39 is 0 Å². The molecule has 0 aromatic heterocycles. The first-order valence-electron chi connectivity index (χ1n) is 3.81. The summed E-state index contributed by atoms with van der Waals surface area (Å²) in [6.07, 6.45) is 4.48. The van der Waals surface area contributed by atoms with Gasteiger partial charge in [-0.15, -0.1) is 0 Å². The lowest BCUT2D eigenvalue weighted by molar-refractivity contribution is 0.918. The van der Waals surface area contributed by atoms with Crippen molar-refractivity contribution in [1.29, 1.82) is 0 Å². The SMILES string of the molecule is CC1=CCC(CCN)=C1C. The van der Waals surface area contributed by atoms with E-state index in [1.807, 2.05) is 0 Å². The van der Waals surface area contributed by atoms with E-state index in [4.69, 9.17) is 5.73 Å². The molecule has 0 fully saturated rings. The molecule has 0 aromatic rings. The highest BCUT2D eigenvalue weighted by Gasteiger charge is 2.08. The Morgan fingerprint density at radius 1 is 1.50 bits per heavy atom. The van der Waals surface area contributed by atoms with Crippen molar-refractivity contribution in [2.45, 2.75) is 26.7 Å². The average Bonchev–Trinajstić information content (AvgIpc) is 2.20. The fraction of sp³-hybridized carbons (Fsp3) is 0.556. The zero-order valence-corrected chi connectivity index (χ0v) is 6.78. The quantitative estimate of drug-likeness (QED) is 0.619. The molecule has 2 N–H and O–H groups in total. The summed E-state index contributed by atoms with van der Waals surface area (Å²) in [5.74, 6) is 0. The minimum atomic E-state index is 0.786. The molecule has 0 saturated carbocycles. The summed E-state index contributed by atoms with van der Waals surface area (Å²) in [4.78, 5) is 0. The van der Waals surface area contributed by atoms with Gasteiger partial charge in [-0.05, 0) is 38.8 Å². The van der Waals surface area contributed by atoms with Crippen molar-refractivity contribution in [3.8, 4) is 0 Å². The minimum absolute atomic E-state index is 0.786. The molecule has 56 valence electrons. The van der Waals surface area contributed by atoms with Crippen LogP contribution in [0.1, 0.15) is 26.7 Å². The molecule has 0 amide bonds. The van der Waals surface area contributed by atoms with Gasteiger partial charge in [0.15, 0.2) is 0 Å². The molecule has 0 bridgehead atoms. The number of hydrogen-bond donors (Lipinski definition) is 1. The fourth-order valence-corrected chi connectivity index (χ4v) is 1.33. The molecule has 1 aliphatic rings. The van der Waals surface area contributed by atoms with Crippen LogP contribution in [-0.2, 0) is 0 Å². The van der Waals surface area contributed by atoms with E-state index in [2.05, 4.69) is 19.9 Å². The molecule has 0 spiro atoms. The Morgan fingerprint density at radius 3 is 2.60 bits per heavy atom. The second kappa shape index (κ2) is 3.02. The Kier molecular flexibility index (Phi) is 2.28. The van der Waals surface area contributed by atoms with Crippen molar-refractivity contribution in [3.05, 3.63) is 22.8 Å². The summed E-state index contributed by atoms with van der Waals surface area (Å²) in [6, 6.07) is 0. The maximum atomic E-state index is 5.46. The van der Waals surface area contributed by atoms with Crippen LogP contribution >= 0.6 is 0 Å². The van der Waals surface area contributed by atoms with E-state index >= 15 is 0 Å². The average molecular weight is 137 g/mol. The molecule has 1 nitrogen and oxygen atoms in total. The van der Waals surface area contributed by atoms with Gasteiger partial charge in [-0.25, -0.2) is 0 Å². The third kappa shape index (κ3) is 1.29. The summed E-state index contributed by atoms with van der Waals surface area (Å²) >= 11 is 0. The van der Waals surface area contributed by atoms with Crippen LogP contribution in [-0.4, -0.2) is 6.54 Å². The first kappa shape index (κ1) is 7.55. The van der Waals surface area contributed by atoms with Gasteiger partial charge in [-0.2, -0.15) is 0 Å². The highest BCUT2D eigenvalue weighted by Crippen LogP contribution is 2.26. The van der Waals surface area contributed by atoms with Crippen molar-refractivity contribution in [1.82, 2.24) is 0 Å². The molecule has 10 heavy (non-hydrogen) atoms. The van der Waals surface area contributed by atoms with Crippen LogP contribution in [0.3, 0.4) is 0 Å². The molecule has 0 radical (unpaired) electrons. The van der Waals surface area contributed by atoms with Gasteiger partial charge in [0.25, 0.3) is 0 Å². The van der Waals surface area contributed by atoms with Crippen LogP contribution in [0, 0.1) is 0 Å². The lowest BCUT2D eigenvalue weighted by Crippen LogP contribution is -1.99. The molecule has 1 rings (SSSR count). The van der Waals surface area contributed by atoms with E-state index in [-0.39, 0.29) is 0 Å². The van der Waals surface area contributed by atoms with E-state index in [0.29, 0.717) is 0 Å². The van der Waals surface area contributed by atoms with Crippen LogP contribution in [0.15, 0.2) is 22.8 Å². The van der Waals surface area contributed by atoms with Crippen molar-refractivity contribution in [2.75, 3.05) is 6.54 Å². The van der Waals surface area contributed by atoms with Crippen LogP contribution < -0.4 is 5.73 Å². The van der Waals surface area contributed by atoms with Gasteiger partial charge < -0.3 is 5.73 Å². The normalized spacial score (nSPS) is 18.1. The molecule has 0 atom stereocenters. The minimum Gasteiger partial charge on any atom is -0.330 e. The second-order valence-corrected chi connectivity index (χ2v) is 2.86. The fourth-order valence-electron chi connectivity index (χ4n) is 1.33. The van der Waals surface area contributed by atoms with E-state index in [0.717, 1.165) is 19.4 Å². The van der Waals surface area contributed by atoms with Crippen molar-refractivity contribution < 1.29 is 0 Å². The van der Waals surface area contributed by atoms with Gasteiger partial charge in [-0.1, -0.05) is 17.2 Å². The Morgan fingerprint density at radius 2 is 2.20 bits per heavy atom. The van der Waals surface area contributed by atoms with Crippen molar-refractivity contribution in [2.24, 2.45) is 5.73 Å². The maximum Gasteiger partial charge on any atom is -0.00396 e. The topological polar surface area (TPSA) is 26.0 Å². The first-order valence-corrected chi connectivity index (χ1v) is 3.81. The van der Waals surface area contributed by atoms with Gasteiger partial charge in [-0.3, -0.25) is 0 Å². The third-order valence-electron chi connectivity index (χ3n) is 2.22. The highest BCUT2D eigenvalue weighted by molar-refractivity contribution is 5.39. The summed E-state index contributed by atoms with van der Waals surface area (Å²) in [7, 11) is 0. The highest BCUT2D eigenvalue weighted by atomic mass is 14.5. The zero-order valence-electron chi connectivity index (χ0n) is 6.78. The lowest BCUT2D eigenvalue weighted by atomic mass is 10.1. The van der Waals surface area contributed by atoms with E-state index in [9.17, 15) is 0 Å². The van der Waals surface area contributed by atoms with Gasteiger partial charge in [0.05, 0.1) is 0 Å². The second-order valence-electron chi connectivity index (χ2n) is 2.86. The predicted molar refractivity (Wildman–Crippen MR) is 44.7 cm³/mol. The third-order valence-corrected chi connectivity index (χ3v) is 2.22. The molecule has 0 aliphatic heterocycles. The van der Waals surface area contributed by atoms with Crippen molar-refractivity contribution in [3.63, 3.8) is 0 Å². The number of allylic oxidation sites excluding steroid dienone is 3. The molecule has 0 aromatic carbocycles. The molecule has 1 aliphatic carbocycles. The van der Waals surface area contributed by atoms with Crippen LogP contribution in [0.4, 0.5) is 0 Å². The van der Waals surface area contributed by atoms with Gasteiger partial charge in [0.2, 0.25) is 0 Å². The molecule has 0 saturated heterocycles. The standard InChI is InChI=1S/C9H15N/c1-7-3-4-9(5-6-10)8(7)2/h3H,4-6,10H2,1-2H3. The Labute approximate surface area is 62.6 Å². The Hall–Kier alpha value is -0.560. The number of nitrogens with two attached hydrogens (primary N) is 1. The van der Waals surface area contributed by atoms with Crippen molar-refractivity contribution >= 4 is 0 Å². The number of hydrogen-bond acceptors (Lipinski definition) is 1. The molecule has 1 heteroatoms. The van der Waals surface area contributed by atoms with E-state index in [1.165, 1.54) is 16.7 Å². The molecular formula is C9H15N. The summed E-state index contributed by atoms with van der Waals surface area (Å²) < 4.78 is 0. The Balaban J connectivity index is 2.64. The molecule has 0 heterocycles. The van der Waals surface area contributed by atoms with Gasteiger partial charge in [0, 0.05) is 0 Å². The van der Waals surface area contributed by atoms with Crippen LogP contribution in [0.5, 0.6) is 0 Å². The van der Waals surface area contributed by atoms with E-state index in [1.54, 1.807) is 0 Å². The number of rotatable bonds is 2. The van der Waals surface area contributed by atoms with Gasteiger partial charge in [0.1, 0.15) is 0 Å². The largest absolute Gasteiger partial charge is 0.330 e. The predicted octanol–water partition coefficient (Wildman–Crippen LogP) is 2.00. The summed E-state index contributed by atoms with van der Waals surface area (Å²) in [5, 5.41) is 0. The maximum absolute atomic E-state index is 5.46.